The Labute approximate surface area is 168 Å². The van der Waals surface area contributed by atoms with Crippen molar-refractivity contribution in [1.29, 1.82) is 0 Å². The van der Waals surface area contributed by atoms with Gasteiger partial charge in [-0.2, -0.15) is 0 Å². The topological polar surface area (TPSA) is 52.1 Å². The van der Waals surface area contributed by atoms with E-state index < -0.39 is 4.75 Å². The molecule has 0 fully saturated rings. The van der Waals surface area contributed by atoms with E-state index in [1.54, 1.807) is 11.3 Å². The summed E-state index contributed by atoms with van der Waals surface area (Å²) < 4.78 is 4.52. The predicted octanol–water partition coefficient (Wildman–Crippen LogP) is 5.72. The first-order chi connectivity index (χ1) is 12.7. The number of benzene rings is 1. The first-order valence-corrected chi connectivity index (χ1v) is 10.6. The molecular weight excluding hydrogens is 376 g/mol. The van der Waals surface area contributed by atoms with E-state index in [1.165, 1.54) is 22.2 Å². The van der Waals surface area contributed by atoms with Crippen molar-refractivity contribution in [3.63, 3.8) is 0 Å². The van der Waals surface area contributed by atoms with Crippen LogP contribution < -0.4 is 0 Å². The number of thioether (sulfide) groups is 1. The average molecular weight is 401 g/mol. The minimum Gasteiger partial charge on any atom is -0.465 e. The lowest BCUT2D eigenvalue weighted by Gasteiger charge is -2.21. The Morgan fingerprint density at radius 3 is 2.44 bits per heavy atom. The number of hydrogen-bond acceptors (Lipinski definition) is 6. The second kappa shape index (κ2) is 7.60. The molecule has 4 nitrogen and oxygen atoms in total. The van der Waals surface area contributed by atoms with Gasteiger partial charge in [-0.25, -0.2) is 9.97 Å². The minimum absolute atomic E-state index is 0.233. The maximum Gasteiger partial charge on any atom is 0.322 e. The van der Waals surface area contributed by atoms with Gasteiger partial charge < -0.3 is 4.74 Å². The SMILES string of the molecule is CCOC(=O)C(C)(C)Sc1nc(C)nc2sc(C)c(-c3ccc(C)cc3)c12. The highest BCUT2D eigenvalue weighted by Crippen LogP contribution is 2.44. The van der Waals surface area contributed by atoms with Crippen LogP contribution in [0.25, 0.3) is 21.3 Å². The molecule has 0 unspecified atom stereocenters. The Morgan fingerprint density at radius 1 is 1.15 bits per heavy atom. The number of aryl methyl sites for hydroxylation is 3. The summed E-state index contributed by atoms with van der Waals surface area (Å²) in [4.78, 5) is 23.9. The summed E-state index contributed by atoms with van der Waals surface area (Å²) in [5.41, 5.74) is 3.52. The van der Waals surface area contributed by atoms with Gasteiger partial charge >= 0.3 is 5.97 Å². The number of hydrogen-bond donors (Lipinski definition) is 0. The summed E-state index contributed by atoms with van der Waals surface area (Å²) in [7, 11) is 0. The van der Waals surface area contributed by atoms with Crippen molar-refractivity contribution in [2.75, 3.05) is 6.61 Å². The van der Waals surface area contributed by atoms with Crippen LogP contribution in [0.15, 0.2) is 29.3 Å². The highest BCUT2D eigenvalue weighted by molar-refractivity contribution is 8.01. The van der Waals surface area contributed by atoms with Gasteiger partial charge in [0.1, 0.15) is 20.4 Å². The smallest absolute Gasteiger partial charge is 0.322 e. The van der Waals surface area contributed by atoms with Gasteiger partial charge in [-0.05, 0) is 47.1 Å². The lowest BCUT2D eigenvalue weighted by atomic mass is 10.0. The number of carbonyl (C=O) groups excluding carboxylic acids is 1. The third-order valence-electron chi connectivity index (χ3n) is 4.27. The fourth-order valence-corrected chi connectivity index (χ4v) is 5.17. The first kappa shape index (κ1) is 19.8. The molecule has 3 rings (SSSR count). The van der Waals surface area contributed by atoms with E-state index in [4.69, 9.17) is 9.72 Å². The maximum atomic E-state index is 12.4. The van der Waals surface area contributed by atoms with Crippen LogP contribution in [0.2, 0.25) is 0 Å². The summed E-state index contributed by atoms with van der Waals surface area (Å²) >= 11 is 3.11. The number of carbonyl (C=O) groups is 1. The summed E-state index contributed by atoms with van der Waals surface area (Å²) in [6, 6.07) is 8.49. The maximum absolute atomic E-state index is 12.4. The van der Waals surface area contributed by atoms with Crippen molar-refractivity contribution in [3.8, 4) is 11.1 Å². The van der Waals surface area contributed by atoms with Crippen LogP contribution in [0.4, 0.5) is 0 Å². The molecule has 0 N–H and O–H groups in total. The Morgan fingerprint density at radius 2 is 1.81 bits per heavy atom. The summed E-state index contributed by atoms with van der Waals surface area (Å²) in [6.45, 7) is 12.0. The Hall–Kier alpha value is -1.92. The van der Waals surface area contributed by atoms with E-state index in [-0.39, 0.29) is 5.97 Å². The van der Waals surface area contributed by atoms with Crippen molar-refractivity contribution >= 4 is 39.3 Å². The molecule has 0 aliphatic rings. The van der Waals surface area contributed by atoms with Gasteiger partial charge in [0.05, 0.1) is 12.0 Å². The van der Waals surface area contributed by atoms with Gasteiger partial charge in [0.2, 0.25) is 0 Å². The predicted molar refractivity (Wildman–Crippen MR) is 114 cm³/mol. The standard InChI is InChI=1S/C21H24N2O2S2/c1-7-25-20(24)21(5,6)27-19-17-16(15-10-8-12(2)9-11-15)13(3)26-18(17)22-14(4)23-19/h8-11H,7H2,1-6H3. The lowest BCUT2D eigenvalue weighted by Crippen LogP contribution is -2.30. The van der Waals surface area contributed by atoms with Gasteiger partial charge in [-0.1, -0.05) is 41.6 Å². The van der Waals surface area contributed by atoms with Crippen LogP contribution >= 0.6 is 23.1 Å². The van der Waals surface area contributed by atoms with Crippen LogP contribution in [0.5, 0.6) is 0 Å². The molecule has 1 aromatic carbocycles. The van der Waals surface area contributed by atoms with Gasteiger partial charge in [0.25, 0.3) is 0 Å². The Balaban J connectivity index is 2.18. The fraction of sp³-hybridized carbons (Fsp3) is 0.381. The minimum atomic E-state index is -0.732. The molecule has 0 bridgehead atoms. The summed E-state index contributed by atoms with van der Waals surface area (Å²) in [5, 5.41) is 1.85. The molecule has 0 saturated heterocycles. The Kier molecular flexibility index (Phi) is 5.58. The van der Waals surface area contributed by atoms with Crippen molar-refractivity contribution in [3.05, 3.63) is 40.5 Å². The molecule has 2 heterocycles. The van der Waals surface area contributed by atoms with Crippen molar-refractivity contribution < 1.29 is 9.53 Å². The largest absolute Gasteiger partial charge is 0.465 e. The second-order valence-electron chi connectivity index (χ2n) is 6.99. The van der Waals surface area contributed by atoms with Crippen molar-refractivity contribution in [1.82, 2.24) is 9.97 Å². The van der Waals surface area contributed by atoms with Crippen LogP contribution in [0.1, 0.15) is 37.0 Å². The third kappa shape index (κ3) is 4.01. The molecular formula is C21H24N2O2S2. The van der Waals surface area contributed by atoms with E-state index >= 15 is 0 Å². The number of thiophene rings is 1. The van der Waals surface area contributed by atoms with Crippen LogP contribution in [-0.2, 0) is 9.53 Å². The van der Waals surface area contributed by atoms with E-state index in [1.807, 2.05) is 27.7 Å². The lowest BCUT2D eigenvalue weighted by molar-refractivity contribution is -0.145. The van der Waals surface area contributed by atoms with Gasteiger partial charge in [0.15, 0.2) is 0 Å². The number of ether oxygens (including phenoxy) is 1. The van der Waals surface area contributed by atoms with E-state index in [9.17, 15) is 4.79 Å². The molecule has 0 radical (unpaired) electrons. The number of esters is 1. The fourth-order valence-electron chi connectivity index (χ4n) is 2.91. The third-order valence-corrected chi connectivity index (χ3v) is 6.43. The van der Waals surface area contributed by atoms with Crippen LogP contribution in [0.3, 0.4) is 0 Å². The normalized spacial score (nSPS) is 11.8. The highest BCUT2D eigenvalue weighted by Gasteiger charge is 2.33. The summed E-state index contributed by atoms with van der Waals surface area (Å²) in [6.07, 6.45) is 0. The zero-order valence-corrected chi connectivity index (χ0v) is 18.2. The van der Waals surface area contributed by atoms with Crippen LogP contribution in [0, 0.1) is 20.8 Å². The molecule has 0 aliphatic heterocycles. The van der Waals surface area contributed by atoms with E-state index in [0.29, 0.717) is 12.4 Å². The summed E-state index contributed by atoms with van der Waals surface area (Å²) in [5.74, 6) is 0.476. The van der Waals surface area contributed by atoms with E-state index in [2.05, 4.69) is 43.1 Å². The van der Waals surface area contributed by atoms with Gasteiger partial charge in [-0.3, -0.25) is 4.79 Å². The average Bonchev–Trinajstić information content (AvgIpc) is 2.91. The quantitative estimate of drug-likeness (QED) is 0.311. The molecule has 2 aromatic heterocycles. The number of fused-ring (bicyclic) bond motifs is 1. The molecule has 3 aromatic rings. The van der Waals surface area contributed by atoms with Gasteiger partial charge in [-0.15, -0.1) is 11.3 Å². The molecule has 0 aliphatic carbocycles. The number of nitrogens with zero attached hydrogens (tertiary/aromatic N) is 2. The van der Waals surface area contributed by atoms with Crippen LogP contribution in [-0.4, -0.2) is 27.3 Å². The Bertz CT molecular complexity index is 992. The molecule has 6 heteroatoms. The molecule has 0 amide bonds. The molecule has 0 saturated carbocycles. The second-order valence-corrected chi connectivity index (χ2v) is 9.80. The number of aromatic nitrogens is 2. The molecule has 0 atom stereocenters. The monoisotopic (exact) mass is 400 g/mol. The molecule has 27 heavy (non-hydrogen) atoms. The first-order valence-electron chi connectivity index (χ1n) is 8.94. The van der Waals surface area contributed by atoms with Crippen molar-refractivity contribution in [2.45, 2.75) is 51.3 Å². The zero-order valence-electron chi connectivity index (χ0n) is 16.5. The highest BCUT2D eigenvalue weighted by atomic mass is 32.2. The molecule has 142 valence electrons. The van der Waals surface area contributed by atoms with Gasteiger partial charge in [0, 0.05) is 10.4 Å². The van der Waals surface area contributed by atoms with E-state index in [0.717, 1.165) is 26.4 Å². The zero-order chi connectivity index (χ0) is 19.8. The molecule has 0 spiro atoms. The number of rotatable bonds is 5. The van der Waals surface area contributed by atoms with Crippen molar-refractivity contribution in [2.24, 2.45) is 0 Å².